The number of halogens is 2. The molecule has 3 aromatic carbocycles. The lowest BCUT2D eigenvalue weighted by molar-refractivity contribution is 0.102. The van der Waals surface area contributed by atoms with Crippen LogP contribution in [0.3, 0.4) is 0 Å². The molecule has 1 heterocycles. The second-order valence-electron chi connectivity index (χ2n) is 7.41. The van der Waals surface area contributed by atoms with Crippen molar-refractivity contribution in [2.45, 2.75) is 6.54 Å². The number of fused-ring (bicyclic) bond motifs is 2. The van der Waals surface area contributed by atoms with Crippen LogP contribution in [0, 0.1) is 11.6 Å². The first-order valence-electron chi connectivity index (χ1n) is 9.31. The Morgan fingerprint density at radius 3 is 2.37 bits per heavy atom. The van der Waals surface area contributed by atoms with Gasteiger partial charge in [-0.15, -0.1) is 0 Å². The Morgan fingerprint density at radius 1 is 0.967 bits per heavy atom. The van der Waals surface area contributed by atoms with Gasteiger partial charge in [-0.1, -0.05) is 12.1 Å². The van der Waals surface area contributed by atoms with Crippen LogP contribution in [-0.4, -0.2) is 29.9 Å². The van der Waals surface area contributed by atoms with Gasteiger partial charge in [-0.3, -0.25) is 9.59 Å². The van der Waals surface area contributed by atoms with Crippen LogP contribution in [-0.2, 0) is 6.54 Å². The molecule has 4 rings (SSSR count). The van der Waals surface area contributed by atoms with Crippen LogP contribution in [0.25, 0.3) is 21.8 Å². The smallest absolute Gasteiger partial charge is 0.257 e. The Morgan fingerprint density at radius 2 is 1.67 bits per heavy atom. The summed E-state index contributed by atoms with van der Waals surface area (Å²) in [6.07, 6.45) is 0. The number of hydrogen-bond acceptors (Lipinski definition) is 3. The van der Waals surface area contributed by atoms with Crippen LogP contribution >= 0.6 is 0 Å². The quantitative estimate of drug-likeness (QED) is 0.497. The summed E-state index contributed by atoms with van der Waals surface area (Å²) in [4.78, 5) is 30.6. The largest absolute Gasteiger partial charge is 0.354 e. The summed E-state index contributed by atoms with van der Waals surface area (Å²) in [6.45, 7) is 0.762. The van der Waals surface area contributed by atoms with Gasteiger partial charge >= 0.3 is 0 Å². The molecule has 0 bridgehead atoms. The van der Waals surface area contributed by atoms with Crippen molar-refractivity contribution in [2.75, 3.05) is 19.4 Å². The van der Waals surface area contributed by atoms with E-state index in [0.29, 0.717) is 11.2 Å². The molecule has 4 aromatic rings. The molecular weight excluding hydrogens is 388 g/mol. The number of hydrogen-bond donors (Lipinski definition) is 2. The Hall–Kier alpha value is -3.58. The molecule has 0 saturated heterocycles. The molecule has 0 atom stereocenters. The van der Waals surface area contributed by atoms with Crippen LogP contribution in [0.5, 0.6) is 0 Å². The van der Waals surface area contributed by atoms with Gasteiger partial charge in [-0.2, -0.15) is 0 Å². The average molecular weight is 407 g/mol. The third-order valence-electron chi connectivity index (χ3n) is 4.79. The number of anilines is 1. The zero-order valence-corrected chi connectivity index (χ0v) is 16.4. The van der Waals surface area contributed by atoms with Gasteiger partial charge in [0.25, 0.3) is 5.91 Å². The predicted molar refractivity (Wildman–Crippen MR) is 114 cm³/mol. The first-order chi connectivity index (χ1) is 14.3. The Kier molecular flexibility index (Phi) is 5.05. The minimum Gasteiger partial charge on any atom is -0.354 e. The number of amides is 1. The van der Waals surface area contributed by atoms with Crippen LogP contribution in [0.4, 0.5) is 14.5 Å². The topological polar surface area (TPSA) is 65.2 Å². The van der Waals surface area contributed by atoms with E-state index >= 15 is 0 Å². The van der Waals surface area contributed by atoms with Crippen molar-refractivity contribution in [1.29, 1.82) is 0 Å². The maximum absolute atomic E-state index is 14.2. The Bertz CT molecular complexity index is 1330. The summed E-state index contributed by atoms with van der Waals surface area (Å²) < 4.78 is 27.8. The number of benzene rings is 3. The molecule has 0 radical (unpaired) electrons. The SMILES string of the molecule is CN(C)Cc1ccc(NC(=O)c2cc(F)cc3c(=O)c4cc(F)ccc4[nH]c23)cc1. The third kappa shape index (κ3) is 3.79. The molecule has 0 fully saturated rings. The molecule has 0 aliphatic heterocycles. The molecule has 0 unspecified atom stereocenters. The van der Waals surface area contributed by atoms with Crippen molar-refractivity contribution in [3.8, 4) is 0 Å². The molecule has 0 aliphatic rings. The van der Waals surface area contributed by atoms with E-state index in [1.54, 1.807) is 12.1 Å². The van der Waals surface area contributed by atoms with Crippen LogP contribution in [0.1, 0.15) is 15.9 Å². The van der Waals surface area contributed by atoms with E-state index in [2.05, 4.69) is 10.3 Å². The van der Waals surface area contributed by atoms with Crippen molar-refractivity contribution in [3.63, 3.8) is 0 Å². The Balaban J connectivity index is 1.76. The minimum absolute atomic E-state index is 0.00862. The number of carbonyl (C=O) groups is 1. The van der Waals surface area contributed by atoms with Gasteiger partial charge in [0.2, 0.25) is 0 Å². The fraction of sp³-hybridized carbons (Fsp3) is 0.130. The molecular formula is C23H19F2N3O2. The molecule has 0 saturated carbocycles. The molecule has 1 aromatic heterocycles. The van der Waals surface area contributed by atoms with Gasteiger partial charge in [0, 0.05) is 28.5 Å². The molecule has 1 amide bonds. The van der Waals surface area contributed by atoms with Crippen molar-refractivity contribution in [2.24, 2.45) is 0 Å². The fourth-order valence-electron chi connectivity index (χ4n) is 3.45. The van der Waals surface area contributed by atoms with Gasteiger partial charge in [0.15, 0.2) is 5.43 Å². The normalized spacial score (nSPS) is 11.4. The first kappa shape index (κ1) is 19.7. The number of aromatic nitrogens is 1. The van der Waals surface area contributed by atoms with Gasteiger partial charge in [-0.05, 0) is 62.1 Å². The molecule has 152 valence electrons. The summed E-state index contributed by atoms with van der Waals surface area (Å²) in [6, 6.07) is 13.1. The average Bonchev–Trinajstić information content (AvgIpc) is 2.70. The van der Waals surface area contributed by atoms with E-state index in [4.69, 9.17) is 0 Å². The molecule has 2 N–H and O–H groups in total. The maximum atomic E-state index is 14.2. The van der Waals surface area contributed by atoms with Crippen molar-refractivity contribution < 1.29 is 13.6 Å². The minimum atomic E-state index is -0.727. The number of nitrogens with one attached hydrogen (secondary N) is 2. The van der Waals surface area contributed by atoms with E-state index < -0.39 is 23.0 Å². The van der Waals surface area contributed by atoms with E-state index in [0.717, 1.165) is 30.3 Å². The number of pyridine rings is 1. The number of rotatable bonds is 4. The van der Waals surface area contributed by atoms with E-state index in [1.807, 2.05) is 31.1 Å². The molecule has 30 heavy (non-hydrogen) atoms. The number of H-pyrrole nitrogens is 1. The van der Waals surface area contributed by atoms with Crippen molar-refractivity contribution in [1.82, 2.24) is 9.88 Å². The highest BCUT2D eigenvalue weighted by atomic mass is 19.1. The van der Waals surface area contributed by atoms with Crippen molar-refractivity contribution in [3.05, 3.63) is 87.6 Å². The summed E-state index contributed by atoms with van der Waals surface area (Å²) in [7, 11) is 3.92. The zero-order valence-electron chi connectivity index (χ0n) is 16.4. The highest BCUT2D eigenvalue weighted by Crippen LogP contribution is 2.22. The maximum Gasteiger partial charge on any atom is 0.257 e. The Labute approximate surface area is 170 Å². The number of aromatic amines is 1. The van der Waals surface area contributed by atoms with E-state index in [9.17, 15) is 18.4 Å². The molecule has 5 nitrogen and oxygen atoms in total. The zero-order chi connectivity index (χ0) is 21.4. The third-order valence-corrected chi connectivity index (χ3v) is 4.79. The monoisotopic (exact) mass is 407 g/mol. The predicted octanol–water partition coefficient (Wildman–Crippen LogP) is 4.27. The van der Waals surface area contributed by atoms with Gasteiger partial charge < -0.3 is 15.2 Å². The standard InChI is InChI=1S/C23H19F2N3O2/c1-28(2)12-13-3-6-16(7-4-13)26-23(30)19-11-15(25)10-18-21(19)27-20-8-5-14(24)9-17(20)22(18)29/h3-11H,12H2,1-2H3,(H,26,30)(H,27,29). The lowest BCUT2D eigenvalue weighted by Gasteiger charge is -2.12. The second-order valence-corrected chi connectivity index (χ2v) is 7.41. The van der Waals surface area contributed by atoms with Crippen LogP contribution in [0.15, 0.2) is 59.4 Å². The van der Waals surface area contributed by atoms with E-state index in [-0.39, 0.29) is 21.9 Å². The molecule has 7 heteroatoms. The summed E-state index contributed by atoms with van der Waals surface area (Å²) in [5, 5.41) is 2.81. The van der Waals surface area contributed by atoms with Gasteiger partial charge in [0.1, 0.15) is 11.6 Å². The van der Waals surface area contributed by atoms with Gasteiger partial charge in [0.05, 0.1) is 11.1 Å². The summed E-state index contributed by atoms with van der Waals surface area (Å²) in [5.41, 5.74) is 1.64. The fourth-order valence-corrected chi connectivity index (χ4v) is 3.45. The molecule has 0 spiro atoms. The lowest BCUT2D eigenvalue weighted by atomic mass is 10.0. The summed E-state index contributed by atoms with van der Waals surface area (Å²) >= 11 is 0. The van der Waals surface area contributed by atoms with Gasteiger partial charge in [-0.25, -0.2) is 8.78 Å². The molecule has 0 aliphatic carbocycles. The number of carbonyl (C=O) groups excluding carboxylic acids is 1. The van der Waals surface area contributed by atoms with Crippen molar-refractivity contribution >= 4 is 33.4 Å². The number of nitrogens with zero attached hydrogens (tertiary/aromatic N) is 1. The second kappa shape index (κ2) is 7.68. The van der Waals surface area contributed by atoms with Crippen LogP contribution in [0.2, 0.25) is 0 Å². The highest BCUT2D eigenvalue weighted by Gasteiger charge is 2.17. The summed E-state index contributed by atoms with van der Waals surface area (Å²) in [5.74, 6) is -1.85. The van der Waals surface area contributed by atoms with E-state index in [1.165, 1.54) is 12.1 Å². The van der Waals surface area contributed by atoms with Crippen LogP contribution < -0.4 is 10.7 Å². The first-order valence-corrected chi connectivity index (χ1v) is 9.31. The highest BCUT2D eigenvalue weighted by molar-refractivity contribution is 6.13. The lowest BCUT2D eigenvalue weighted by Crippen LogP contribution is -2.16.